The van der Waals surface area contributed by atoms with E-state index in [1.54, 1.807) is 0 Å². The molecule has 9 heavy (non-hydrogen) atoms. The highest BCUT2D eigenvalue weighted by atomic mass is 35.5. The minimum Gasteiger partial charge on any atom is -0.393 e. The molecule has 1 atom stereocenters. The second-order valence-corrected chi connectivity index (χ2v) is 2.74. The number of aliphatic hydroxyl groups is 1. The monoisotopic (exact) mass is 151 g/mol. The summed E-state index contributed by atoms with van der Waals surface area (Å²) in [5, 5.41) is 8.81. The van der Waals surface area contributed by atoms with Gasteiger partial charge in [0.2, 0.25) is 0 Å². The standard InChI is InChI=1S/C6H13NO.ClH/c1-4(7)5-2-6(8)3-5;/h4-6,8H,2-3,7H2,1H3;1H. The number of rotatable bonds is 1. The van der Waals surface area contributed by atoms with E-state index in [-0.39, 0.29) is 24.6 Å². The molecule has 0 aliphatic heterocycles. The maximum Gasteiger partial charge on any atom is 0.0546 e. The van der Waals surface area contributed by atoms with Crippen molar-refractivity contribution >= 4 is 12.4 Å². The van der Waals surface area contributed by atoms with E-state index in [1.807, 2.05) is 6.92 Å². The maximum atomic E-state index is 8.81. The number of hydrogen-bond donors (Lipinski definition) is 2. The van der Waals surface area contributed by atoms with E-state index >= 15 is 0 Å². The normalized spacial score (nSPS) is 36.3. The molecule has 1 rings (SSSR count). The van der Waals surface area contributed by atoms with Gasteiger partial charge in [0.05, 0.1) is 6.10 Å². The van der Waals surface area contributed by atoms with Crippen LogP contribution in [0.5, 0.6) is 0 Å². The summed E-state index contributed by atoms with van der Waals surface area (Å²) in [6.45, 7) is 2.00. The van der Waals surface area contributed by atoms with E-state index in [4.69, 9.17) is 10.8 Å². The Morgan fingerprint density at radius 1 is 1.56 bits per heavy atom. The molecule has 1 fully saturated rings. The number of nitrogens with two attached hydrogens (primary N) is 1. The van der Waals surface area contributed by atoms with Crippen molar-refractivity contribution in [2.24, 2.45) is 11.7 Å². The van der Waals surface area contributed by atoms with Gasteiger partial charge >= 0.3 is 0 Å². The van der Waals surface area contributed by atoms with E-state index in [2.05, 4.69) is 0 Å². The first-order valence-corrected chi connectivity index (χ1v) is 3.14. The molecule has 1 aliphatic rings. The third-order valence-corrected chi connectivity index (χ3v) is 1.89. The molecule has 1 saturated carbocycles. The lowest BCUT2D eigenvalue weighted by molar-refractivity contribution is 0.0337. The van der Waals surface area contributed by atoms with E-state index in [1.165, 1.54) is 0 Å². The Morgan fingerprint density at radius 2 is 2.00 bits per heavy atom. The molecule has 0 aromatic rings. The summed E-state index contributed by atoms with van der Waals surface area (Å²) in [6, 6.07) is 0.276. The first kappa shape index (κ1) is 9.21. The van der Waals surface area contributed by atoms with Gasteiger partial charge in [0.25, 0.3) is 0 Å². The second kappa shape index (κ2) is 3.40. The Bertz CT molecular complexity index is 81.1. The van der Waals surface area contributed by atoms with Gasteiger partial charge in [-0.3, -0.25) is 0 Å². The van der Waals surface area contributed by atoms with Crippen LogP contribution in [0.4, 0.5) is 0 Å². The van der Waals surface area contributed by atoms with Crippen LogP contribution < -0.4 is 5.73 Å². The quantitative estimate of drug-likeness (QED) is 0.574. The molecule has 1 aliphatic carbocycles. The van der Waals surface area contributed by atoms with Crippen LogP contribution in [0, 0.1) is 5.92 Å². The molecular formula is C6H14ClNO. The lowest BCUT2D eigenvalue weighted by Crippen LogP contribution is -2.39. The Balaban J connectivity index is 0.000000640. The van der Waals surface area contributed by atoms with E-state index < -0.39 is 0 Å². The van der Waals surface area contributed by atoms with Gasteiger partial charge < -0.3 is 10.8 Å². The van der Waals surface area contributed by atoms with Gasteiger partial charge in [-0.2, -0.15) is 0 Å². The fourth-order valence-corrected chi connectivity index (χ4v) is 1.06. The van der Waals surface area contributed by atoms with Gasteiger partial charge in [0.1, 0.15) is 0 Å². The molecule has 0 saturated heterocycles. The smallest absolute Gasteiger partial charge is 0.0546 e. The molecule has 0 radical (unpaired) electrons. The van der Waals surface area contributed by atoms with Crippen LogP contribution in [0.3, 0.4) is 0 Å². The van der Waals surface area contributed by atoms with Gasteiger partial charge in [0.15, 0.2) is 0 Å². The largest absolute Gasteiger partial charge is 0.393 e. The molecule has 0 bridgehead atoms. The third kappa shape index (κ3) is 2.12. The molecule has 3 N–H and O–H groups in total. The highest BCUT2D eigenvalue weighted by Crippen LogP contribution is 2.28. The van der Waals surface area contributed by atoms with Crippen molar-refractivity contribution in [3.63, 3.8) is 0 Å². The highest BCUT2D eigenvalue weighted by Gasteiger charge is 2.29. The van der Waals surface area contributed by atoms with Crippen molar-refractivity contribution in [2.45, 2.75) is 31.9 Å². The predicted molar refractivity (Wildman–Crippen MR) is 39.6 cm³/mol. The van der Waals surface area contributed by atoms with Crippen molar-refractivity contribution in [1.29, 1.82) is 0 Å². The zero-order valence-corrected chi connectivity index (χ0v) is 6.40. The van der Waals surface area contributed by atoms with Crippen molar-refractivity contribution < 1.29 is 5.11 Å². The van der Waals surface area contributed by atoms with Gasteiger partial charge in [-0.05, 0) is 25.7 Å². The average Bonchev–Trinajstić information content (AvgIpc) is 1.57. The number of halogens is 1. The minimum absolute atomic E-state index is 0. The topological polar surface area (TPSA) is 46.2 Å². The first-order chi connectivity index (χ1) is 3.70. The molecule has 0 heterocycles. The van der Waals surface area contributed by atoms with Crippen LogP contribution in [0.15, 0.2) is 0 Å². The molecule has 2 nitrogen and oxygen atoms in total. The van der Waals surface area contributed by atoms with Crippen molar-refractivity contribution in [3.8, 4) is 0 Å². The SMILES string of the molecule is CC(N)C1CC(O)C1.Cl. The fourth-order valence-electron chi connectivity index (χ4n) is 1.06. The number of aliphatic hydroxyl groups excluding tert-OH is 1. The van der Waals surface area contributed by atoms with E-state index in [9.17, 15) is 0 Å². The van der Waals surface area contributed by atoms with Crippen molar-refractivity contribution in [3.05, 3.63) is 0 Å². The third-order valence-electron chi connectivity index (χ3n) is 1.89. The summed E-state index contributed by atoms with van der Waals surface area (Å²) in [6.07, 6.45) is 1.78. The molecule has 0 aromatic heterocycles. The van der Waals surface area contributed by atoms with Gasteiger partial charge in [0, 0.05) is 6.04 Å². The van der Waals surface area contributed by atoms with Crippen LogP contribution in [0.1, 0.15) is 19.8 Å². The second-order valence-electron chi connectivity index (χ2n) is 2.74. The van der Waals surface area contributed by atoms with Crippen LogP contribution in [0.25, 0.3) is 0 Å². The Morgan fingerprint density at radius 3 is 2.11 bits per heavy atom. The maximum absolute atomic E-state index is 8.81. The average molecular weight is 152 g/mol. The zero-order chi connectivity index (χ0) is 6.15. The highest BCUT2D eigenvalue weighted by molar-refractivity contribution is 5.85. The molecule has 0 spiro atoms. The molecule has 0 aromatic carbocycles. The summed E-state index contributed by atoms with van der Waals surface area (Å²) >= 11 is 0. The first-order valence-electron chi connectivity index (χ1n) is 3.14. The zero-order valence-electron chi connectivity index (χ0n) is 5.58. The minimum atomic E-state index is -0.0500. The summed E-state index contributed by atoms with van der Waals surface area (Å²) in [4.78, 5) is 0. The lowest BCUT2D eigenvalue weighted by atomic mass is 9.78. The molecular weight excluding hydrogens is 138 g/mol. The van der Waals surface area contributed by atoms with Crippen LogP contribution in [-0.4, -0.2) is 17.3 Å². The molecule has 3 heteroatoms. The van der Waals surface area contributed by atoms with Crippen LogP contribution in [0.2, 0.25) is 0 Å². The van der Waals surface area contributed by atoms with Crippen LogP contribution >= 0.6 is 12.4 Å². The molecule has 56 valence electrons. The Kier molecular flexibility index (Phi) is 3.48. The van der Waals surface area contributed by atoms with Gasteiger partial charge in [-0.25, -0.2) is 0 Å². The summed E-state index contributed by atoms with van der Waals surface area (Å²) in [5.41, 5.74) is 5.55. The fraction of sp³-hybridized carbons (Fsp3) is 1.00. The van der Waals surface area contributed by atoms with Gasteiger partial charge in [-0.15, -0.1) is 12.4 Å². The van der Waals surface area contributed by atoms with Gasteiger partial charge in [-0.1, -0.05) is 0 Å². The lowest BCUT2D eigenvalue weighted by Gasteiger charge is -2.33. The summed E-state index contributed by atoms with van der Waals surface area (Å²) in [5.74, 6) is 0.588. The molecule has 1 unspecified atom stereocenters. The Hall–Kier alpha value is 0.210. The van der Waals surface area contributed by atoms with E-state index in [0.29, 0.717) is 5.92 Å². The Labute approximate surface area is 61.8 Å². The van der Waals surface area contributed by atoms with E-state index in [0.717, 1.165) is 12.8 Å². The van der Waals surface area contributed by atoms with Crippen molar-refractivity contribution in [1.82, 2.24) is 0 Å². The summed E-state index contributed by atoms with van der Waals surface area (Å²) < 4.78 is 0. The molecule has 0 amide bonds. The van der Waals surface area contributed by atoms with Crippen LogP contribution in [-0.2, 0) is 0 Å². The summed E-state index contributed by atoms with van der Waals surface area (Å²) in [7, 11) is 0. The number of hydrogen-bond acceptors (Lipinski definition) is 2. The van der Waals surface area contributed by atoms with Crippen molar-refractivity contribution in [2.75, 3.05) is 0 Å². The predicted octanol–water partition coefficient (Wildman–Crippen LogP) is 0.526.